The number of benzene rings is 2. The van der Waals surface area contributed by atoms with Crippen LogP contribution in [-0.4, -0.2) is 21.6 Å². The van der Waals surface area contributed by atoms with E-state index in [0.717, 1.165) is 17.9 Å². The van der Waals surface area contributed by atoms with Crippen molar-refractivity contribution in [3.63, 3.8) is 0 Å². The number of ether oxygens (including phenoxy) is 1. The normalized spacial score (nSPS) is 11.4. The Kier molecular flexibility index (Phi) is 5.93. The third-order valence-electron chi connectivity index (χ3n) is 2.81. The molecule has 0 heterocycles. The van der Waals surface area contributed by atoms with Crippen LogP contribution in [0.5, 0.6) is 5.75 Å². The molecule has 7 heteroatoms. The van der Waals surface area contributed by atoms with E-state index in [1.54, 1.807) is 0 Å². The van der Waals surface area contributed by atoms with E-state index in [1.807, 2.05) is 30.3 Å². The maximum atomic E-state index is 13.0. The van der Waals surface area contributed by atoms with Crippen LogP contribution in [0.1, 0.15) is 6.42 Å². The highest BCUT2D eigenvalue weighted by atomic mass is 79.9. The van der Waals surface area contributed by atoms with Gasteiger partial charge in [-0.3, -0.25) is 0 Å². The molecular formula is C15H15BrFNO3S. The molecule has 0 spiro atoms. The van der Waals surface area contributed by atoms with Crippen molar-refractivity contribution in [3.05, 3.63) is 58.8 Å². The average Bonchev–Trinajstić information content (AvgIpc) is 2.47. The summed E-state index contributed by atoms with van der Waals surface area (Å²) in [5.41, 5.74) is 0. The molecule has 0 saturated carbocycles. The lowest BCUT2D eigenvalue weighted by Crippen LogP contribution is -2.26. The van der Waals surface area contributed by atoms with E-state index in [0.29, 0.717) is 13.0 Å². The summed E-state index contributed by atoms with van der Waals surface area (Å²) in [6.45, 7) is 0.635. The molecule has 0 aliphatic rings. The molecule has 118 valence electrons. The quantitative estimate of drug-likeness (QED) is 0.741. The molecule has 0 amide bonds. The molecule has 4 nitrogen and oxygen atoms in total. The number of hydrogen-bond acceptors (Lipinski definition) is 3. The molecule has 2 rings (SSSR count). The summed E-state index contributed by atoms with van der Waals surface area (Å²) < 4.78 is 45.3. The Bertz CT molecular complexity index is 723. The highest BCUT2D eigenvalue weighted by Crippen LogP contribution is 2.22. The van der Waals surface area contributed by atoms with Gasteiger partial charge in [0.15, 0.2) is 0 Å². The second kappa shape index (κ2) is 7.71. The molecule has 0 saturated heterocycles. The molecule has 2 aromatic carbocycles. The van der Waals surface area contributed by atoms with E-state index < -0.39 is 15.8 Å². The van der Waals surface area contributed by atoms with Crippen LogP contribution in [-0.2, 0) is 10.0 Å². The van der Waals surface area contributed by atoms with Gasteiger partial charge in [-0.25, -0.2) is 17.5 Å². The molecule has 0 aromatic heterocycles. The van der Waals surface area contributed by atoms with Crippen molar-refractivity contribution in [2.24, 2.45) is 0 Å². The van der Waals surface area contributed by atoms with Gasteiger partial charge in [-0.1, -0.05) is 18.2 Å². The van der Waals surface area contributed by atoms with Crippen LogP contribution in [0, 0.1) is 5.82 Å². The minimum Gasteiger partial charge on any atom is -0.494 e. The molecule has 2 aromatic rings. The number of para-hydroxylation sites is 1. The van der Waals surface area contributed by atoms with E-state index >= 15 is 0 Å². The molecule has 0 atom stereocenters. The van der Waals surface area contributed by atoms with Crippen molar-refractivity contribution in [1.82, 2.24) is 4.72 Å². The Morgan fingerprint density at radius 1 is 1.14 bits per heavy atom. The van der Waals surface area contributed by atoms with E-state index in [4.69, 9.17) is 4.74 Å². The smallest absolute Gasteiger partial charge is 0.241 e. The maximum Gasteiger partial charge on any atom is 0.241 e. The number of halogens is 2. The zero-order valence-electron chi connectivity index (χ0n) is 11.6. The summed E-state index contributed by atoms with van der Waals surface area (Å²) in [5.74, 6) is 0.244. The number of sulfonamides is 1. The number of hydrogen-bond donors (Lipinski definition) is 1. The predicted octanol–water partition coefficient (Wildman–Crippen LogP) is 3.34. The Morgan fingerprint density at radius 2 is 1.86 bits per heavy atom. The number of nitrogens with one attached hydrogen (secondary N) is 1. The minimum atomic E-state index is -3.67. The number of rotatable bonds is 7. The van der Waals surface area contributed by atoms with E-state index in [9.17, 15) is 12.8 Å². The van der Waals surface area contributed by atoms with Gasteiger partial charge in [-0.05, 0) is 52.7 Å². The van der Waals surface area contributed by atoms with E-state index in [-0.39, 0.29) is 15.9 Å². The lowest BCUT2D eigenvalue weighted by molar-refractivity contribution is 0.311. The van der Waals surface area contributed by atoms with Gasteiger partial charge in [0, 0.05) is 11.0 Å². The fourth-order valence-corrected chi connectivity index (χ4v) is 3.88. The van der Waals surface area contributed by atoms with Crippen LogP contribution in [0.15, 0.2) is 57.9 Å². The second-order valence-corrected chi connectivity index (χ2v) is 7.08. The summed E-state index contributed by atoms with van der Waals surface area (Å²) in [4.78, 5) is 0.0119. The summed E-state index contributed by atoms with van der Waals surface area (Å²) in [6.07, 6.45) is 0.521. The Labute approximate surface area is 137 Å². The fourth-order valence-electron chi connectivity index (χ4n) is 1.76. The van der Waals surface area contributed by atoms with Gasteiger partial charge < -0.3 is 4.74 Å². The standard InChI is InChI=1S/C15H15BrFNO3S/c16-14-11-12(17)7-8-15(14)22(19,20)18-9-4-10-21-13-5-2-1-3-6-13/h1-3,5-8,11,18H,4,9-10H2. The minimum absolute atomic E-state index is 0.0119. The summed E-state index contributed by atoms with van der Waals surface area (Å²) >= 11 is 3.05. The van der Waals surface area contributed by atoms with Gasteiger partial charge in [0.05, 0.1) is 11.5 Å². The lowest BCUT2D eigenvalue weighted by atomic mass is 10.3. The topological polar surface area (TPSA) is 55.4 Å². The van der Waals surface area contributed by atoms with Crippen LogP contribution < -0.4 is 9.46 Å². The zero-order valence-corrected chi connectivity index (χ0v) is 14.0. The van der Waals surface area contributed by atoms with Crippen LogP contribution in [0.3, 0.4) is 0 Å². The molecule has 0 aliphatic heterocycles. The molecule has 22 heavy (non-hydrogen) atoms. The molecular weight excluding hydrogens is 373 g/mol. The first-order valence-electron chi connectivity index (χ1n) is 6.61. The van der Waals surface area contributed by atoms with Crippen LogP contribution in [0.25, 0.3) is 0 Å². The van der Waals surface area contributed by atoms with Gasteiger partial charge in [0.25, 0.3) is 0 Å². The zero-order chi connectivity index (χ0) is 16.0. The SMILES string of the molecule is O=S(=O)(NCCCOc1ccccc1)c1ccc(F)cc1Br. The van der Waals surface area contributed by atoms with Crippen LogP contribution in [0.2, 0.25) is 0 Å². The van der Waals surface area contributed by atoms with Crippen molar-refractivity contribution >= 4 is 26.0 Å². The average molecular weight is 388 g/mol. The Morgan fingerprint density at radius 3 is 2.55 bits per heavy atom. The highest BCUT2D eigenvalue weighted by molar-refractivity contribution is 9.10. The van der Waals surface area contributed by atoms with Gasteiger partial charge >= 0.3 is 0 Å². The van der Waals surface area contributed by atoms with Crippen molar-refractivity contribution < 1.29 is 17.5 Å². The van der Waals surface area contributed by atoms with Crippen LogP contribution in [0.4, 0.5) is 4.39 Å². The lowest BCUT2D eigenvalue weighted by Gasteiger charge is -2.09. The molecule has 0 fully saturated rings. The van der Waals surface area contributed by atoms with E-state index in [2.05, 4.69) is 20.7 Å². The van der Waals surface area contributed by atoms with Gasteiger partial charge in [0.2, 0.25) is 10.0 Å². The largest absolute Gasteiger partial charge is 0.494 e. The van der Waals surface area contributed by atoms with E-state index in [1.165, 1.54) is 6.07 Å². The fraction of sp³-hybridized carbons (Fsp3) is 0.200. The Hall–Kier alpha value is -1.44. The third-order valence-corrected chi connectivity index (χ3v) is 5.25. The van der Waals surface area contributed by atoms with Gasteiger partial charge in [0.1, 0.15) is 11.6 Å². The van der Waals surface area contributed by atoms with Gasteiger partial charge in [-0.15, -0.1) is 0 Å². The highest BCUT2D eigenvalue weighted by Gasteiger charge is 2.17. The predicted molar refractivity (Wildman–Crippen MR) is 85.8 cm³/mol. The first-order valence-corrected chi connectivity index (χ1v) is 8.89. The van der Waals surface area contributed by atoms with Crippen LogP contribution >= 0.6 is 15.9 Å². The summed E-state index contributed by atoms with van der Waals surface area (Å²) in [6, 6.07) is 12.7. The molecule has 0 bridgehead atoms. The molecule has 0 aliphatic carbocycles. The van der Waals surface area contributed by atoms with Crippen molar-refractivity contribution in [1.29, 1.82) is 0 Å². The molecule has 0 unspecified atom stereocenters. The summed E-state index contributed by atoms with van der Waals surface area (Å²) in [5, 5.41) is 0. The van der Waals surface area contributed by atoms with Crippen molar-refractivity contribution in [2.75, 3.05) is 13.2 Å². The Balaban J connectivity index is 1.83. The van der Waals surface area contributed by atoms with Crippen molar-refractivity contribution in [3.8, 4) is 5.75 Å². The molecule has 0 radical (unpaired) electrons. The first-order chi connectivity index (χ1) is 10.5. The first kappa shape index (κ1) is 16.9. The monoisotopic (exact) mass is 387 g/mol. The maximum absolute atomic E-state index is 13.0. The second-order valence-electron chi connectivity index (χ2n) is 4.49. The third kappa shape index (κ3) is 4.79. The van der Waals surface area contributed by atoms with Crippen molar-refractivity contribution in [2.45, 2.75) is 11.3 Å². The van der Waals surface area contributed by atoms with Gasteiger partial charge in [-0.2, -0.15) is 0 Å². The summed E-state index contributed by atoms with van der Waals surface area (Å²) in [7, 11) is -3.67. The molecule has 1 N–H and O–H groups in total.